The number of amides is 1. The molecule has 138 valence electrons. The second-order valence-electron chi connectivity index (χ2n) is 5.72. The third kappa shape index (κ3) is 4.76. The van der Waals surface area contributed by atoms with E-state index in [0.29, 0.717) is 23.7 Å². The molecule has 27 heavy (non-hydrogen) atoms. The highest BCUT2D eigenvalue weighted by molar-refractivity contribution is 5.89. The molecule has 6 nitrogen and oxygen atoms in total. The number of fused-ring (bicyclic) bond motifs is 1. The van der Waals surface area contributed by atoms with Gasteiger partial charge in [0, 0.05) is 5.39 Å². The van der Waals surface area contributed by atoms with Crippen LogP contribution in [0, 0.1) is 0 Å². The molecule has 0 spiro atoms. The minimum absolute atomic E-state index is 0.0570. The summed E-state index contributed by atoms with van der Waals surface area (Å²) in [5.74, 6) is 0.698. The second kappa shape index (κ2) is 8.71. The summed E-state index contributed by atoms with van der Waals surface area (Å²) in [6, 6.07) is 18.3. The maximum absolute atomic E-state index is 12.0. The van der Waals surface area contributed by atoms with Crippen molar-refractivity contribution in [1.29, 1.82) is 0 Å². The normalized spacial score (nSPS) is 10.9. The van der Waals surface area contributed by atoms with Gasteiger partial charge in [0.05, 0.1) is 12.8 Å². The second-order valence-corrected chi connectivity index (χ2v) is 5.72. The van der Waals surface area contributed by atoms with Crippen LogP contribution < -0.4 is 14.9 Å². The number of rotatable bonds is 7. The van der Waals surface area contributed by atoms with Crippen molar-refractivity contribution in [1.82, 2.24) is 5.43 Å². The molecule has 1 amide bonds. The molecule has 0 unspecified atom stereocenters. The molecule has 2 N–H and O–H groups in total. The number of nitrogens with zero attached hydrogens (tertiary/aromatic N) is 1. The van der Waals surface area contributed by atoms with Gasteiger partial charge in [-0.25, -0.2) is 5.43 Å². The van der Waals surface area contributed by atoms with E-state index in [2.05, 4.69) is 10.5 Å². The zero-order chi connectivity index (χ0) is 19.1. The van der Waals surface area contributed by atoms with Gasteiger partial charge in [-0.15, -0.1) is 0 Å². The third-order valence-corrected chi connectivity index (χ3v) is 3.79. The van der Waals surface area contributed by atoms with Crippen molar-refractivity contribution < 1.29 is 19.4 Å². The molecule has 0 fully saturated rings. The highest BCUT2D eigenvalue weighted by Gasteiger charge is 2.05. The summed E-state index contributed by atoms with van der Waals surface area (Å²) in [7, 11) is 0. The first-order chi connectivity index (χ1) is 13.2. The summed E-state index contributed by atoms with van der Waals surface area (Å²) < 4.78 is 10.9. The average Bonchev–Trinajstić information content (AvgIpc) is 2.69. The predicted octanol–water partition coefficient (Wildman–Crippen LogP) is 3.47. The van der Waals surface area contributed by atoms with Crippen LogP contribution in [-0.2, 0) is 4.79 Å². The van der Waals surface area contributed by atoms with E-state index >= 15 is 0 Å². The van der Waals surface area contributed by atoms with Crippen LogP contribution in [0.25, 0.3) is 10.8 Å². The Balaban J connectivity index is 1.57. The Kier molecular flexibility index (Phi) is 5.89. The Labute approximate surface area is 157 Å². The molecule has 3 aromatic carbocycles. The molecule has 3 rings (SSSR count). The maximum atomic E-state index is 12.0. The van der Waals surface area contributed by atoms with Crippen molar-refractivity contribution in [3.63, 3.8) is 0 Å². The van der Waals surface area contributed by atoms with E-state index in [1.54, 1.807) is 12.1 Å². The van der Waals surface area contributed by atoms with Crippen LogP contribution in [-0.4, -0.2) is 30.4 Å². The number of carbonyl (C=O) groups is 1. The number of phenols is 1. The van der Waals surface area contributed by atoms with E-state index in [4.69, 9.17) is 9.47 Å². The van der Waals surface area contributed by atoms with Gasteiger partial charge in [0.1, 0.15) is 5.75 Å². The Morgan fingerprint density at radius 3 is 2.74 bits per heavy atom. The highest BCUT2D eigenvalue weighted by Crippen LogP contribution is 2.26. The van der Waals surface area contributed by atoms with Crippen LogP contribution in [0.5, 0.6) is 17.2 Å². The van der Waals surface area contributed by atoms with Gasteiger partial charge in [0.2, 0.25) is 0 Å². The molecule has 6 heteroatoms. The number of hydrogen-bond acceptors (Lipinski definition) is 5. The summed E-state index contributed by atoms with van der Waals surface area (Å²) in [5.41, 5.74) is 3.10. The van der Waals surface area contributed by atoms with Gasteiger partial charge in [0.25, 0.3) is 5.91 Å². The molecule has 0 radical (unpaired) electrons. The lowest BCUT2D eigenvalue weighted by Gasteiger charge is -2.08. The van der Waals surface area contributed by atoms with Gasteiger partial charge in [-0.05, 0) is 42.1 Å². The van der Waals surface area contributed by atoms with Crippen molar-refractivity contribution in [2.45, 2.75) is 6.92 Å². The minimum atomic E-state index is -0.372. The largest absolute Gasteiger partial charge is 0.504 e. The van der Waals surface area contributed by atoms with Crippen molar-refractivity contribution in [3.8, 4) is 17.2 Å². The quantitative estimate of drug-likeness (QED) is 0.497. The third-order valence-electron chi connectivity index (χ3n) is 3.79. The number of hydrogen-bond donors (Lipinski definition) is 2. The molecule has 0 aliphatic carbocycles. The van der Waals surface area contributed by atoms with Crippen molar-refractivity contribution in [2.75, 3.05) is 13.2 Å². The van der Waals surface area contributed by atoms with Crippen LogP contribution in [0.4, 0.5) is 0 Å². The molecule has 0 saturated heterocycles. The molecule has 0 aliphatic rings. The van der Waals surface area contributed by atoms with Crippen LogP contribution in [0.3, 0.4) is 0 Å². The number of ether oxygens (including phenoxy) is 2. The zero-order valence-electron chi connectivity index (χ0n) is 14.9. The first-order valence-electron chi connectivity index (χ1n) is 8.55. The van der Waals surface area contributed by atoms with Gasteiger partial charge in [0.15, 0.2) is 18.1 Å². The lowest BCUT2D eigenvalue weighted by Crippen LogP contribution is -2.24. The van der Waals surface area contributed by atoms with Gasteiger partial charge in [-0.2, -0.15) is 5.10 Å². The van der Waals surface area contributed by atoms with E-state index in [0.717, 1.165) is 10.8 Å². The van der Waals surface area contributed by atoms with Gasteiger partial charge in [-0.3, -0.25) is 4.79 Å². The minimum Gasteiger partial charge on any atom is -0.504 e. The summed E-state index contributed by atoms with van der Waals surface area (Å²) in [6.07, 6.45) is 1.47. The maximum Gasteiger partial charge on any atom is 0.277 e. The molecule has 0 aliphatic heterocycles. The fraction of sp³-hybridized carbons (Fsp3) is 0.143. The van der Waals surface area contributed by atoms with Crippen LogP contribution >= 0.6 is 0 Å². The van der Waals surface area contributed by atoms with E-state index in [1.165, 1.54) is 12.3 Å². The molecule has 0 saturated carbocycles. The molecule has 0 aromatic heterocycles. The Morgan fingerprint density at radius 2 is 1.89 bits per heavy atom. The topological polar surface area (TPSA) is 80.2 Å². The van der Waals surface area contributed by atoms with Crippen LogP contribution in [0.15, 0.2) is 65.8 Å². The number of nitrogens with one attached hydrogen (secondary N) is 1. The molecule has 0 atom stereocenters. The molecule has 0 bridgehead atoms. The van der Waals surface area contributed by atoms with Crippen molar-refractivity contribution in [3.05, 3.63) is 66.2 Å². The SMILES string of the molecule is CCOc1cc(/C=N/NC(=O)COc2cccc3ccccc23)ccc1O. The molecular weight excluding hydrogens is 344 g/mol. The Hall–Kier alpha value is -3.54. The number of aromatic hydroxyl groups is 1. The first-order valence-corrected chi connectivity index (χ1v) is 8.55. The average molecular weight is 364 g/mol. The van der Waals surface area contributed by atoms with Crippen molar-refractivity contribution >= 4 is 22.9 Å². The number of hydrazone groups is 1. The predicted molar refractivity (Wildman–Crippen MR) is 104 cm³/mol. The van der Waals surface area contributed by atoms with E-state index < -0.39 is 0 Å². The lowest BCUT2D eigenvalue weighted by molar-refractivity contribution is -0.123. The summed E-state index contributed by atoms with van der Waals surface area (Å²) in [5, 5.41) is 15.6. The Morgan fingerprint density at radius 1 is 1.07 bits per heavy atom. The van der Waals surface area contributed by atoms with Crippen LogP contribution in [0.2, 0.25) is 0 Å². The van der Waals surface area contributed by atoms with E-state index in [9.17, 15) is 9.90 Å². The smallest absolute Gasteiger partial charge is 0.277 e. The zero-order valence-corrected chi connectivity index (χ0v) is 14.9. The van der Waals surface area contributed by atoms with Gasteiger partial charge in [-0.1, -0.05) is 36.4 Å². The summed E-state index contributed by atoms with van der Waals surface area (Å²) >= 11 is 0. The summed E-state index contributed by atoms with van der Waals surface area (Å²) in [6.45, 7) is 2.12. The number of carbonyl (C=O) groups excluding carboxylic acids is 1. The monoisotopic (exact) mass is 364 g/mol. The number of phenolic OH excluding ortho intramolecular Hbond substituents is 1. The first kappa shape index (κ1) is 18.3. The fourth-order valence-corrected chi connectivity index (χ4v) is 2.56. The standard InChI is InChI=1S/C21H20N2O4/c1-2-26-20-12-15(10-11-18(20)24)13-22-23-21(25)14-27-19-9-5-7-16-6-3-4-8-17(16)19/h3-13,24H,2,14H2,1H3,(H,23,25)/b22-13+. The molecule has 0 heterocycles. The number of benzene rings is 3. The summed E-state index contributed by atoms with van der Waals surface area (Å²) in [4.78, 5) is 12.0. The van der Waals surface area contributed by atoms with E-state index in [-0.39, 0.29) is 18.3 Å². The fourth-order valence-electron chi connectivity index (χ4n) is 2.56. The molecule has 3 aromatic rings. The van der Waals surface area contributed by atoms with Gasteiger partial charge >= 0.3 is 0 Å². The van der Waals surface area contributed by atoms with Crippen molar-refractivity contribution in [2.24, 2.45) is 5.10 Å². The molecular formula is C21H20N2O4. The van der Waals surface area contributed by atoms with E-state index in [1.807, 2.05) is 49.4 Å². The highest BCUT2D eigenvalue weighted by atomic mass is 16.5. The Bertz CT molecular complexity index is 964. The van der Waals surface area contributed by atoms with Crippen LogP contribution in [0.1, 0.15) is 12.5 Å². The van der Waals surface area contributed by atoms with Gasteiger partial charge < -0.3 is 14.6 Å². The lowest BCUT2D eigenvalue weighted by atomic mass is 10.1.